The quantitative estimate of drug-likeness (QED) is 0.182. The molecule has 3 aromatic rings. The van der Waals surface area contributed by atoms with Gasteiger partial charge in [-0.1, -0.05) is 41.4 Å². The monoisotopic (exact) mass is 519 g/mol. The van der Waals surface area contributed by atoms with Crippen LogP contribution < -0.4 is 9.64 Å². The summed E-state index contributed by atoms with van der Waals surface area (Å²) >= 11 is 6.40. The van der Waals surface area contributed by atoms with Crippen LogP contribution in [0.4, 0.5) is 5.69 Å². The number of ether oxygens (including phenoxy) is 2. The Balaban J connectivity index is 1.89. The Morgan fingerprint density at radius 3 is 2.38 bits per heavy atom. The van der Waals surface area contributed by atoms with Crippen molar-refractivity contribution in [2.45, 2.75) is 26.8 Å². The Hall–Kier alpha value is -4.10. The van der Waals surface area contributed by atoms with Gasteiger partial charge in [-0.25, -0.2) is 4.79 Å². The molecule has 0 bridgehead atoms. The minimum absolute atomic E-state index is 0.0967. The number of carbonyl (C=O) groups excluding carboxylic acids is 3. The number of hydrogen-bond donors (Lipinski definition) is 1. The zero-order chi connectivity index (χ0) is 26.7. The number of hydrogen-bond acceptors (Lipinski definition) is 6. The summed E-state index contributed by atoms with van der Waals surface area (Å²) in [7, 11) is 0. The second-order valence-electron chi connectivity index (χ2n) is 8.43. The summed E-state index contributed by atoms with van der Waals surface area (Å²) in [6.07, 6.45) is 0. The largest absolute Gasteiger partial charge is 0.507 e. The summed E-state index contributed by atoms with van der Waals surface area (Å²) in [5.74, 6) is -2.09. The Morgan fingerprint density at radius 1 is 1.00 bits per heavy atom. The minimum atomic E-state index is -0.930. The van der Waals surface area contributed by atoms with Crippen molar-refractivity contribution < 1.29 is 29.0 Å². The van der Waals surface area contributed by atoms with Crippen molar-refractivity contribution in [1.29, 1.82) is 0 Å². The van der Waals surface area contributed by atoms with Crippen molar-refractivity contribution in [2.24, 2.45) is 0 Å². The molecule has 0 spiro atoms. The molecule has 1 saturated heterocycles. The van der Waals surface area contributed by atoms with E-state index < -0.39 is 29.5 Å². The molecule has 0 saturated carbocycles. The normalized spacial score (nSPS) is 16.6. The number of anilines is 1. The molecule has 1 aliphatic rings. The first-order valence-electron chi connectivity index (χ1n) is 11.8. The number of carbonyl (C=O) groups is 3. The minimum Gasteiger partial charge on any atom is -0.507 e. The highest BCUT2D eigenvalue weighted by atomic mass is 35.5. The average molecular weight is 520 g/mol. The Kier molecular flexibility index (Phi) is 7.64. The average Bonchev–Trinajstić information content (AvgIpc) is 3.15. The number of aliphatic hydroxyl groups excluding tert-OH is 1. The van der Waals surface area contributed by atoms with Crippen molar-refractivity contribution in [3.63, 3.8) is 0 Å². The zero-order valence-electron chi connectivity index (χ0n) is 20.7. The zero-order valence-corrected chi connectivity index (χ0v) is 21.4. The maximum Gasteiger partial charge on any atom is 0.338 e. The molecule has 7 nitrogen and oxygen atoms in total. The van der Waals surface area contributed by atoms with Crippen LogP contribution in [0.5, 0.6) is 5.75 Å². The first kappa shape index (κ1) is 26.0. The standard InChI is InChI=1S/C29H26ClNO6/c1-4-36-21-13-14-23(30)22(16-21)26(32)24-25(19-8-6-7-17(3)15-19)31(28(34)27(24)33)20-11-9-18(10-12-20)29(35)37-5-2/h6-16,25,32H,4-5H2,1-3H3/b26-24+. The van der Waals surface area contributed by atoms with Crippen LogP contribution in [0.3, 0.4) is 0 Å². The van der Waals surface area contributed by atoms with Gasteiger partial charge in [0.25, 0.3) is 11.7 Å². The van der Waals surface area contributed by atoms with Crippen molar-refractivity contribution in [3.05, 3.63) is 99.6 Å². The molecule has 8 heteroatoms. The molecular formula is C29H26ClNO6. The number of aliphatic hydroxyl groups is 1. The number of halogens is 1. The lowest BCUT2D eigenvalue weighted by atomic mass is 9.94. The van der Waals surface area contributed by atoms with Gasteiger partial charge >= 0.3 is 5.97 Å². The lowest BCUT2D eigenvalue weighted by molar-refractivity contribution is -0.132. The molecule has 0 aliphatic carbocycles. The van der Waals surface area contributed by atoms with Crippen LogP contribution in [0, 0.1) is 6.92 Å². The molecule has 1 fully saturated rings. The van der Waals surface area contributed by atoms with E-state index in [2.05, 4.69) is 0 Å². The van der Waals surface area contributed by atoms with Crippen molar-refractivity contribution >= 4 is 40.7 Å². The van der Waals surface area contributed by atoms with E-state index in [1.54, 1.807) is 37.3 Å². The summed E-state index contributed by atoms with van der Waals surface area (Å²) in [5, 5.41) is 11.6. The van der Waals surface area contributed by atoms with Crippen molar-refractivity contribution in [3.8, 4) is 5.75 Å². The first-order valence-corrected chi connectivity index (χ1v) is 12.2. The lowest BCUT2D eigenvalue weighted by Gasteiger charge is -2.26. The molecule has 3 aromatic carbocycles. The van der Waals surface area contributed by atoms with E-state index in [1.165, 1.54) is 23.1 Å². The van der Waals surface area contributed by atoms with Crippen LogP contribution in [-0.2, 0) is 14.3 Å². The third-order valence-corrected chi connectivity index (χ3v) is 6.29. The number of benzene rings is 3. The summed E-state index contributed by atoms with van der Waals surface area (Å²) < 4.78 is 10.6. The summed E-state index contributed by atoms with van der Waals surface area (Å²) in [6, 6.07) is 17.4. The maximum atomic E-state index is 13.4. The van der Waals surface area contributed by atoms with E-state index in [1.807, 2.05) is 32.0 Å². The van der Waals surface area contributed by atoms with Gasteiger partial charge in [-0.15, -0.1) is 0 Å². The fraction of sp³-hybridized carbons (Fsp3) is 0.207. The number of Topliss-reactive ketones (excluding diaryl/α,β-unsaturated/α-hetero) is 1. The van der Waals surface area contributed by atoms with E-state index in [0.29, 0.717) is 29.2 Å². The molecule has 1 heterocycles. The maximum absolute atomic E-state index is 13.4. The Morgan fingerprint density at radius 2 is 1.73 bits per heavy atom. The molecule has 1 atom stereocenters. The van der Waals surface area contributed by atoms with E-state index in [-0.39, 0.29) is 22.8 Å². The summed E-state index contributed by atoms with van der Waals surface area (Å²) in [6.45, 7) is 6.06. The third-order valence-electron chi connectivity index (χ3n) is 5.96. The molecule has 4 rings (SSSR count). The molecule has 1 amide bonds. The topological polar surface area (TPSA) is 93.1 Å². The van der Waals surface area contributed by atoms with Crippen LogP contribution in [0.2, 0.25) is 5.02 Å². The van der Waals surface area contributed by atoms with Gasteiger partial charge < -0.3 is 14.6 Å². The van der Waals surface area contributed by atoms with Gasteiger partial charge in [0.2, 0.25) is 0 Å². The van der Waals surface area contributed by atoms with Crippen LogP contribution in [-0.4, -0.2) is 36.0 Å². The summed E-state index contributed by atoms with van der Waals surface area (Å²) in [5.41, 5.74) is 2.33. The van der Waals surface area contributed by atoms with Crippen molar-refractivity contribution in [1.82, 2.24) is 0 Å². The number of aryl methyl sites for hydroxylation is 1. The highest BCUT2D eigenvalue weighted by molar-refractivity contribution is 6.52. The number of ketones is 1. The van der Waals surface area contributed by atoms with E-state index in [0.717, 1.165) is 5.56 Å². The third kappa shape index (κ3) is 5.08. The van der Waals surface area contributed by atoms with Crippen LogP contribution in [0.15, 0.2) is 72.3 Å². The smallest absolute Gasteiger partial charge is 0.338 e. The van der Waals surface area contributed by atoms with E-state index in [4.69, 9.17) is 21.1 Å². The molecule has 37 heavy (non-hydrogen) atoms. The van der Waals surface area contributed by atoms with Gasteiger partial charge in [-0.2, -0.15) is 0 Å². The molecule has 1 aliphatic heterocycles. The fourth-order valence-electron chi connectivity index (χ4n) is 4.31. The predicted octanol–water partition coefficient (Wildman–Crippen LogP) is 5.85. The molecule has 190 valence electrons. The number of esters is 1. The molecule has 1 unspecified atom stereocenters. The fourth-order valence-corrected chi connectivity index (χ4v) is 4.52. The second kappa shape index (κ2) is 10.9. The van der Waals surface area contributed by atoms with Crippen LogP contribution >= 0.6 is 11.6 Å². The van der Waals surface area contributed by atoms with Gasteiger partial charge in [0, 0.05) is 11.3 Å². The van der Waals surface area contributed by atoms with Gasteiger partial charge in [0.1, 0.15) is 11.5 Å². The number of amides is 1. The van der Waals surface area contributed by atoms with Crippen LogP contribution in [0.1, 0.15) is 46.9 Å². The molecular weight excluding hydrogens is 494 g/mol. The highest BCUT2D eigenvalue weighted by Gasteiger charge is 2.47. The van der Waals surface area contributed by atoms with Gasteiger partial charge in [-0.05, 0) is 68.8 Å². The van der Waals surface area contributed by atoms with Gasteiger partial charge in [-0.3, -0.25) is 14.5 Å². The molecule has 0 radical (unpaired) electrons. The molecule has 0 aromatic heterocycles. The van der Waals surface area contributed by atoms with Gasteiger partial charge in [0.15, 0.2) is 0 Å². The summed E-state index contributed by atoms with van der Waals surface area (Å²) in [4.78, 5) is 40.2. The lowest BCUT2D eigenvalue weighted by Crippen LogP contribution is -2.29. The molecule has 1 N–H and O–H groups in total. The SMILES string of the molecule is CCOC(=O)c1ccc(N2C(=O)C(=O)/C(=C(/O)c3cc(OCC)ccc3Cl)C2c2cccc(C)c2)cc1. The highest BCUT2D eigenvalue weighted by Crippen LogP contribution is 2.43. The predicted molar refractivity (Wildman–Crippen MR) is 141 cm³/mol. The van der Waals surface area contributed by atoms with Crippen molar-refractivity contribution in [2.75, 3.05) is 18.1 Å². The number of nitrogens with zero attached hydrogens (tertiary/aromatic N) is 1. The van der Waals surface area contributed by atoms with Crippen LogP contribution in [0.25, 0.3) is 5.76 Å². The van der Waals surface area contributed by atoms with E-state index in [9.17, 15) is 19.5 Å². The first-order chi connectivity index (χ1) is 17.8. The Labute approximate surface area is 219 Å². The van der Waals surface area contributed by atoms with E-state index >= 15 is 0 Å². The number of rotatable bonds is 7. The Bertz CT molecular complexity index is 1400. The van der Waals surface area contributed by atoms with Gasteiger partial charge in [0.05, 0.1) is 35.4 Å². The second-order valence-corrected chi connectivity index (χ2v) is 8.83.